The molecule has 0 saturated carbocycles. The molecule has 0 amide bonds. The predicted octanol–water partition coefficient (Wildman–Crippen LogP) is 5.61. The lowest BCUT2D eigenvalue weighted by Gasteiger charge is -2.37. The van der Waals surface area contributed by atoms with Crippen LogP contribution < -0.4 is 0 Å². The number of aromatic nitrogens is 3. The molecule has 1 atom stereocenters. The van der Waals surface area contributed by atoms with E-state index in [0.717, 1.165) is 46.7 Å². The van der Waals surface area contributed by atoms with Crippen LogP contribution >= 0.6 is 27.3 Å². The van der Waals surface area contributed by atoms with Gasteiger partial charge < -0.3 is 5.11 Å². The summed E-state index contributed by atoms with van der Waals surface area (Å²) in [6, 6.07) is 19.2. The molecule has 31 heavy (non-hydrogen) atoms. The average molecular weight is 497 g/mol. The third-order valence-electron chi connectivity index (χ3n) is 6.10. The van der Waals surface area contributed by atoms with Gasteiger partial charge in [-0.1, -0.05) is 69.7 Å². The van der Waals surface area contributed by atoms with Gasteiger partial charge in [0, 0.05) is 4.47 Å². The van der Waals surface area contributed by atoms with Crippen molar-refractivity contribution in [1.29, 1.82) is 0 Å². The van der Waals surface area contributed by atoms with Crippen LogP contribution in [-0.4, -0.2) is 37.7 Å². The number of thiazole rings is 1. The third-order valence-corrected chi connectivity index (χ3v) is 7.67. The highest BCUT2D eigenvalue weighted by molar-refractivity contribution is 9.10. The van der Waals surface area contributed by atoms with Crippen molar-refractivity contribution >= 4 is 32.2 Å². The van der Waals surface area contributed by atoms with Gasteiger partial charge >= 0.3 is 0 Å². The Balaban J connectivity index is 1.43. The summed E-state index contributed by atoms with van der Waals surface area (Å²) in [6.45, 7) is 3.85. The number of benzene rings is 2. The molecule has 0 bridgehead atoms. The second kappa shape index (κ2) is 8.73. The molecule has 3 heterocycles. The van der Waals surface area contributed by atoms with Crippen molar-refractivity contribution in [3.63, 3.8) is 0 Å². The van der Waals surface area contributed by atoms with E-state index in [4.69, 9.17) is 0 Å². The lowest BCUT2D eigenvalue weighted by molar-refractivity contribution is 0.150. The number of halogens is 1. The Morgan fingerprint density at radius 3 is 2.61 bits per heavy atom. The van der Waals surface area contributed by atoms with Crippen LogP contribution in [-0.2, 0) is 6.42 Å². The molecule has 0 spiro atoms. The van der Waals surface area contributed by atoms with Crippen LogP contribution in [0.1, 0.15) is 40.7 Å². The largest absolute Gasteiger partial charge is 0.492 e. The first-order valence-electron chi connectivity index (χ1n) is 10.7. The fourth-order valence-corrected chi connectivity index (χ4v) is 6.17. The average Bonchev–Trinajstić information content (AvgIpc) is 3.27. The zero-order valence-corrected chi connectivity index (χ0v) is 19.8. The van der Waals surface area contributed by atoms with E-state index in [1.807, 2.05) is 13.0 Å². The fraction of sp³-hybridized carbons (Fsp3) is 0.333. The van der Waals surface area contributed by atoms with Crippen molar-refractivity contribution < 1.29 is 5.11 Å². The van der Waals surface area contributed by atoms with Crippen molar-refractivity contribution in [3.8, 4) is 5.88 Å². The van der Waals surface area contributed by atoms with Gasteiger partial charge in [-0.05, 0) is 68.5 Å². The van der Waals surface area contributed by atoms with E-state index >= 15 is 0 Å². The second-order valence-electron chi connectivity index (χ2n) is 8.27. The highest BCUT2D eigenvalue weighted by Gasteiger charge is 2.32. The van der Waals surface area contributed by atoms with E-state index in [2.05, 4.69) is 79.4 Å². The molecule has 0 aliphatic carbocycles. The molecule has 1 fully saturated rings. The Hall–Kier alpha value is -2.22. The molecule has 4 aromatic rings. The Labute approximate surface area is 194 Å². The number of aromatic hydroxyl groups is 1. The van der Waals surface area contributed by atoms with Crippen LogP contribution in [0.4, 0.5) is 0 Å². The third kappa shape index (κ3) is 4.27. The van der Waals surface area contributed by atoms with Crippen LogP contribution in [0.25, 0.3) is 4.96 Å². The van der Waals surface area contributed by atoms with Crippen molar-refractivity contribution in [2.24, 2.45) is 5.92 Å². The van der Waals surface area contributed by atoms with Gasteiger partial charge in [0.2, 0.25) is 10.8 Å². The summed E-state index contributed by atoms with van der Waals surface area (Å²) in [5.74, 6) is 1.58. The Kier molecular flexibility index (Phi) is 5.82. The van der Waals surface area contributed by atoms with Crippen molar-refractivity contribution in [2.75, 3.05) is 13.1 Å². The Morgan fingerprint density at radius 2 is 1.90 bits per heavy atom. The number of aryl methyl sites for hydroxylation is 1. The number of rotatable bonds is 5. The maximum absolute atomic E-state index is 11.0. The first-order valence-corrected chi connectivity index (χ1v) is 12.3. The number of piperidine rings is 1. The molecule has 2 aromatic carbocycles. The highest BCUT2D eigenvalue weighted by Crippen LogP contribution is 2.42. The summed E-state index contributed by atoms with van der Waals surface area (Å²) >= 11 is 5.15. The number of likely N-dealkylation sites (tertiary alicyclic amines) is 1. The maximum Gasteiger partial charge on any atom is 0.230 e. The SMILES string of the molecule is Cc1nc2sc(C(c3cccc(Br)c3)N3CCC(Cc4ccccc4)CC3)c(O)n2n1. The maximum atomic E-state index is 11.0. The summed E-state index contributed by atoms with van der Waals surface area (Å²) in [5.41, 5.74) is 2.59. The molecule has 0 radical (unpaired) electrons. The first kappa shape index (κ1) is 20.7. The molecule has 1 N–H and O–H groups in total. The van der Waals surface area contributed by atoms with Gasteiger partial charge in [-0.15, -0.1) is 5.10 Å². The summed E-state index contributed by atoms with van der Waals surface area (Å²) in [6.07, 6.45) is 3.44. The molecular formula is C24H25BrN4OS. The van der Waals surface area contributed by atoms with E-state index in [9.17, 15) is 5.11 Å². The van der Waals surface area contributed by atoms with E-state index in [1.165, 1.54) is 22.5 Å². The zero-order valence-electron chi connectivity index (χ0n) is 17.4. The van der Waals surface area contributed by atoms with Crippen molar-refractivity contribution in [2.45, 2.75) is 32.2 Å². The molecule has 1 aliphatic heterocycles. The van der Waals surface area contributed by atoms with Gasteiger partial charge in [-0.3, -0.25) is 4.90 Å². The van der Waals surface area contributed by atoms with E-state index in [0.29, 0.717) is 11.7 Å². The molecule has 1 saturated heterocycles. The molecule has 1 unspecified atom stereocenters. The minimum absolute atomic E-state index is 0.0102. The lowest BCUT2D eigenvalue weighted by atomic mass is 9.89. The van der Waals surface area contributed by atoms with Crippen LogP contribution in [0.2, 0.25) is 0 Å². The minimum atomic E-state index is -0.0102. The fourth-order valence-electron chi connectivity index (χ4n) is 4.59. The monoisotopic (exact) mass is 496 g/mol. The van der Waals surface area contributed by atoms with Gasteiger partial charge in [0.25, 0.3) is 0 Å². The number of nitrogens with zero attached hydrogens (tertiary/aromatic N) is 4. The molecule has 160 valence electrons. The van der Waals surface area contributed by atoms with Gasteiger partial charge in [-0.25, -0.2) is 4.98 Å². The second-order valence-corrected chi connectivity index (χ2v) is 10.2. The van der Waals surface area contributed by atoms with E-state index < -0.39 is 0 Å². The van der Waals surface area contributed by atoms with Gasteiger partial charge in [0.05, 0.1) is 10.9 Å². The van der Waals surface area contributed by atoms with E-state index in [-0.39, 0.29) is 11.9 Å². The van der Waals surface area contributed by atoms with Crippen LogP contribution in [0.5, 0.6) is 5.88 Å². The number of fused-ring (bicyclic) bond motifs is 1. The zero-order chi connectivity index (χ0) is 21.4. The highest BCUT2D eigenvalue weighted by atomic mass is 79.9. The summed E-state index contributed by atoms with van der Waals surface area (Å²) in [7, 11) is 0. The van der Waals surface area contributed by atoms with Gasteiger partial charge in [-0.2, -0.15) is 4.52 Å². The summed E-state index contributed by atoms with van der Waals surface area (Å²) in [4.78, 5) is 8.63. The summed E-state index contributed by atoms with van der Waals surface area (Å²) in [5, 5.41) is 15.4. The molecule has 5 rings (SSSR count). The number of hydrogen-bond acceptors (Lipinski definition) is 5. The smallest absolute Gasteiger partial charge is 0.230 e. The molecular weight excluding hydrogens is 472 g/mol. The molecule has 1 aliphatic rings. The quantitative estimate of drug-likeness (QED) is 0.390. The molecule has 7 heteroatoms. The molecule has 2 aromatic heterocycles. The van der Waals surface area contributed by atoms with Crippen LogP contribution in [0.3, 0.4) is 0 Å². The Bertz CT molecular complexity index is 1180. The number of hydrogen-bond donors (Lipinski definition) is 1. The minimum Gasteiger partial charge on any atom is -0.492 e. The van der Waals surface area contributed by atoms with Crippen molar-refractivity contribution in [3.05, 3.63) is 80.9 Å². The van der Waals surface area contributed by atoms with Gasteiger partial charge in [0.1, 0.15) is 5.82 Å². The van der Waals surface area contributed by atoms with Crippen LogP contribution in [0.15, 0.2) is 59.1 Å². The van der Waals surface area contributed by atoms with Crippen LogP contribution in [0, 0.1) is 12.8 Å². The standard InChI is InChI=1S/C24H25BrN4OS/c1-16-26-24-29(27-16)23(30)22(31-24)21(19-8-5-9-20(25)15-19)28-12-10-18(11-13-28)14-17-6-3-2-4-7-17/h2-9,15,18,21,30H,10-14H2,1H3. The normalized spacial score (nSPS) is 16.7. The van der Waals surface area contributed by atoms with Crippen molar-refractivity contribution in [1.82, 2.24) is 19.5 Å². The topological polar surface area (TPSA) is 53.7 Å². The van der Waals surface area contributed by atoms with Gasteiger partial charge in [0.15, 0.2) is 0 Å². The first-order chi connectivity index (χ1) is 15.1. The molecule has 5 nitrogen and oxygen atoms in total. The van der Waals surface area contributed by atoms with E-state index in [1.54, 1.807) is 4.52 Å². The summed E-state index contributed by atoms with van der Waals surface area (Å²) < 4.78 is 2.62. The lowest BCUT2D eigenvalue weighted by Crippen LogP contribution is -2.37. The predicted molar refractivity (Wildman–Crippen MR) is 128 cm³/mol. The Morgan fingerprint density at radius 1 is 1.13 bits per heavy atom.